The highest BCUT2D eigenvalue weighted by Gasteiger charge is 2.27. The van der Waals surface area contributed by atoms with Gasteiger partial charge in [-0.15, -0.1) is 0 Å². The highest BCUT2D eigenvalue weighted by molar-refractivity contribution is 5.94. The molecule has 0 aromatic heterocycles. The molecule has 1 heterocycles. The molecule has 4 rings (SSSR count). The van der Waals surface area contributed by atoms with Crippen LogP contribution in [-0.4, -0.2) is 32.7 Å². The number of ether oxygens (including phenoxy) is 1. The van der Waals surface area contributed by atoms with Gasteiger partial charge in [0.2, 0.25) is 0 Å². The minimum absolute atomic E-state index is 0.0459. The predicted octanol–water partition coefficient (Wildman–Crippen LogP) is 2.72. The third-order valence-corrected chi connectivity index (χ3v) is 6.33. The summed E-state index contributed by atoms with van der Waals surface area (Å²) in [6, 6.07) is 14.8. The van der Waals surface area contributed by atoms with E-state index in [0.717, 1.165) is 24.2 Å². The van der Waals surface area contributed by atoms with Crippen LogP contribution in [0.4, 0.5) is 0 Å². The van der Waals surface area contributed by atoms with Crippen molar-refractivity contribution in [1.82, 2.24) is 5.32 Å². The fraction of sp³-hybridized carbons (Fsp3) is 0.458. The van der Waals surface area contributed by atoms with E-state index in [-0.39, 0.29) is 11.9 Å². The molecule has 0 unspecified atom stereocenters. The average Bonchev–Trinajstić information content (AvgIpc) is 3.23. The van der Waals surface area contributed by atoms with Crippen LogP contribution in [0.2, 0.25) is 0 Å². The van der Waals surface area contributed by atoms with E-state index in [0.29, 0.717) is 6.54 Å². The van der Waals surface area contributed by atoms with Crippen molar-refractivity contribution < 1.29 is 14.4 Å². The van der Waals surface area contributed by atoms with Crippen molar-refractivity contribution in [2.75, 3.05) is 26.7 Å². The first-order valence-electron chi connectivity index (χ1n) is 10.6. The van der Waals surface area contributed by atoms with E-state index in [4.69, 9.17) is 4.74 Å². The normalized spacial score (nSPS) is 17.8. The zero-order valence-corrected chi connectivity index (χ0v) is 16.8. The number of aryl methyl sites for hydroxylation is 2. The highest BCUT2D eigenvalue weighted by atomic mass is 16.5. The first kappa shape index (κ1) is 19.0. The van der Waals surface area contributed by atoms with Crippen molar-refractivity contribution >= 4 is 5.91 Å². The maximum Gasteiger partial charge on any atom is 0.251 e. The minimum atomic E-state index is 0.0459. The molecule has 148 valence electrons. The Balaban J connectivity index is 1.47. The van der Waals surface area contributed by atoms with E-state index in [2.05, 4.69) is 29.6 Å². The van der Waals surface area contributed by atoms with Crippen molar-refractivity contribution in [2.24, 2.45) is 0 Å². The minimum Gasteiger partial charge on any atom is -0.497 e. The van der Waals surface area contributed by atoms with Crippen molar-refractivity contribution in [3.05, 3.63) is 64.7 Å². The van der Waals surface area contributed by atoms with Gasteiger partial charge >= 0.3 is 0 Å². The Hall–Kier alpha value is -2.33. The Morgan fingerprint density at radius 3 is 2.50 bits per heavy atom. The number of benzene rings is 2. The van der Waals surface area contributed by atoms with Gasteiger partial charge in [-0.3, -0.25) is 4.79 Å². The number of amides is 1. The molecule has 1 aliphatic carbocycles. The molecule has 4 heteroatoms. The number of carbonyl (C=O) groups is 1. The Morgan fingerprint density at radius 1 is 1.00 bits per heavy atom. The fourth-order valence-electron chi connectivity index (χ4n) is 4.70. The number of hydrogen-bond acceptors (Lipinski definition) is 2. The summed E-state index contributed by atoms with van der Waals surface area (Å²) in [4.78, 5) is 14.4. The van der Waals surface area contributed by atoms with Gasteiger partial charge in [0, 0.05) is 11.1 Å². The van der Waals surface area contributed by atoms with Crippen LogP contribution in [0.25, 0.3) is 0 Å². The molecule has 0 bridgehead atoms. The number of quaternary nitrogens is 1. The SMILES string of the molecule is COc1ccc([C@@H](CNC(=O)c2ccc3c(c2)CCC3)[NH+]2CCCCC2)cc1. The van der Waals surface area contributed by atoms with Gasteiger partial charge < -0.3 is 15.0 Å². The number of piperidine rings is 1. The van der Waals surface area contributed by atoms with Crippen molar-refractivity contribution in [3.8, 4) is 5.75 Å². The summed E-state index contributed by atoms with van der Waals surface area (Å²) < 4.78 is 5.31. The summed E-state index contributed by atoms with van der Waals surface area (Å²) >= 11 is 0. The Morgan fingerprint density at radius 2 is 1.75 bits per heavy atom. The zero-order chi connectivity index (χ0) is 19.3. The van der Waals surface area contributed by atoms with Gasteiger partial charge in [0.1, 0.15) is 11.8 Å². The molecule has 1 aliphatic heterocycles. The maximum absolute atomic E-state index is 12.8. The molecule has 2 aromatic rings. The van der Waals surface area contributed by atoms with Crippen molar-refractivity contribution in [1.29, 1.82) is 0 Å². The second-order valence-corrected chi connectivity index (χ2v) is 8.09. The lowest BCUT2D eigenvalue weighted by Crippen LogP contribution is -3.13. The molecular formula is C24H31N2O2+. The molecule has 2 N–H and O–H groups in total. The number of methoxy groups -OCH3 is 1. The zero-order valence-electron chi connectivity index (χ0n) is 16.8. The quantitative estimate of drug-likeness (QED) is 0.810. The van der Waals surface area contributed by atoms with Gasteiger partial charge in [-0.1, -0.05) is 6.07 Å². The summed E-state index contributed by atoms with van der Waals surface area (Å²) in [7, 11) is 1.69. The first-order valence-corrected chi connectivity index (χ1v) is 10.6. The first-order chi connectivity index (χ1) is 13.7. The summed E-state index contributed by atoms with van der Waals surface area (Å²) in [5.74, 6) is 0.919. The Labute approximate surface area is 167 Å². The second-order valence-electron chi connectivity index (χ2n) is 8.09. The van der Waals surface area contributed by atoms with Crippen LogP contribution in [-0.2, 0) is 12.8 Å². The Bertz CT molecular complexity index is 810. The number of fused-ring (bicyclic) bond motifs is 1. The third kappa shape index (κ3) is 4.22. The number of hydrogen-bond donors (Lipinski definition) is 2. The molecule has 1 fully saturated rings. The van der Waals surface area contributed by atoms with Crippen molar-refractivity contribution in [3.63, 3.8) is 0 Å². The fourth-order valence-corrected chi connectivity index (χ4v) is 4.70. The smallest absolute Gasteiger partial charge is 0.251 e. The lowest BCUT2D eigenvalue weighted by atomic mass is 10.0. The molecule has 2 aromatic carbocycles. The molecular weight excluding hydrogens is 348 g/mol. The third-order valence-electron chi connectivity index (χ3n) is 6.33. The van der Waals surface area contributed by atoms with E-state index in [1.165, 1.54) is 55.5 Å². The van der Waals surface area contributed by atoms with Crippen LogP contribution in [0.1, 0.15) is 58.8 Å². The van der Waals surface area contributed by atoms with Gasteiger partial charge in [0.05, 0.1) is 26.7 Å². The summed E-state index contributed by atoms with van der Waals surface area (Å²) in [5, 5.41) is 3.22. The van der Waals surface area contributed by atoms with Crippen LogP contribution in [0.3, 0.4) is 0 Å². The maximum atomic E-state index is 12.8. The van der Waals surface area contributed by atoms with Gasteiger partial charge in [-0.2, -0.15) is 0 Å². The molecule has 1 atom stereocenters. The lowest BCUT2D eigenvalue weighted by molar-refractivity contribution is -0.935. The average molecular weight is 380 g/mol. The molecule has 1 amide bonds. The molecule has 0 spiro atoms. The molecule has 1 saturated heterocycles. The highest BCUT2D eigenvalue weighted by Crippen LogP contribution is 2.23. The predicted molar refractivity (Wildman–Crippen MR) is 111 cm³/mol. The van der Waals surface area contributed by atoms with Crippen molar-refractivity contribution in [2.45, 2.75) is 44.6 Å². The summed E-state index contributed by atoms with van der Waals surface area (Å²) in [6.07, 6.45) is 7.30. The van der Waals surface area contributed by atoms with E-state index < -0.39 is 0 Å². The lowest BCUT2D eigenvalue weighted by Gasteiger charge is -2.32. The second kappa shape index (κ2) is 8.78. The molecule has 4 nitrogen and oxygen atoms in total. The van der Waals surface area contributed by atoms with Crippen LogP contribution >= 0.6 is 0 Å². The van der Waals surface area contributed by atoms with E-state index in [1.807, 2.05) is 18.2 Å². The van der Waals surface area contributed by atoms with Crippen LogP contribution in [0.15, 0.2) is 42.5 Å². The number of likely N-dealkylation sites (tertiary alicyclic amines) is 1. The van der Waals surface area contributed by atoms with E-state index in [1.54, 1.807) is 12.0 Å². The molecule has 2 aliphatic rings. The van der Waals surface area contributed by atoms with Gasteiger partial charge in [-0.05, 0) is 86.1 Å². The van der Waals surface area contributed by atoms with Gasteiger partial charge in [0.15, 0.2) is 0 Å². The largest absolute Gasteiger partial charge is 0.497 e. The molecule has 0 radical (unpaired) electrons. The van der Waals surface area contributed by atoms with E-state index in [9.17, 15) is 4.79 Å². The molecule has 28 heavy (non-hydrogen) atoms. The van der Waals surface area contributed by atoms with Gasteiger partial charge in [0.25, 0.3) is 5.91 Å². The van der Waals surface area contributed by atoms with Crippen LogP contribution in [0, 0.1) is 0 Å². The number of rotatable bonds is 6. The number of nitrogens with one attached hydrogen (secondary N) is 2. The number of carbonyl (C=O) groups excluding carboxylic acids is 1. The summed E-state index contributed by atoms with van der Waals surface area (Å²) in [6.45, 7) is 3.01. The topological polar surface area (TPSA) is 42.8 Å². The Kier molecular flexibility index (Phi) is 5.96. The summed E-state index contributed by atoms with van der Waals surface area (Å²) in [5.41, 5.74) is 4.82. The van der Waals surface area contributed by atoms with Crippen LogP contribution in [0.5, 0.6) is 5.75 Å². The van der Waals surface area contributed by atoms with Gasteiger partial charge in [-0.25, -0.2) is 0 Å². The monoisotopic (exact) mass is 379 g/mol. The standard InChI is InChI=1S/C24H30N2O2/c1-28-22-12-10-19(11-13-22)23(26-14-3-2-4-15-26)17-25-24(27)21-9-8-18-6-5-7-20(18)16-21/h8-13,16,23H,2-7,14-15,17H2,1H3,(H,25,27)/p+1/t23-/m1/s1. The van der Waals surface area contributed by atoms with E-state index >= 15 is 0 Å². The van der Waals surface area contributed by atoms with Crippen LogP contribution < -0.4 is 15.0 Å². The molecule has 0 saturated carbocycles.